The summed E-state index contributed by atoms with van der Waals surface area (Å²) in [6.45, 7) is 9.08. The molecular formula is C16H24N2O. The topological polar surface area (TPSA) is 55.1 Å². The van der Waals surface area contributed by atoms with Crippen LogP contribution in [0.5, 0.6) is 0 Å². The second kappa shape index (κ2) is 4.64. The Morgan fingerprint density at radius 3 is 2.21 bits per heavy atom. The summed E-state index contributed by atoms with van der Waals surface area (Å²) in [6.07, 6.45) is 0. The van der Waals surface area contributed by atoms with Gasteiger partial charge in [0.25, 0.3) is 0 Å². The molecule has 0 bridgehead atoms. The van der Waals surface area contributed by atoms with Crippen LogP contribution >= 0.6 is 0 Å². The van der Waals surface area contributed by atoms with Crippen LogP contribution in [0.1, 0.15) is 39.3 Å². The molecule has 1 aliphatic carbocycles. The molecule has 1 amide bonds. The minimum atomic E-state index is -0.143. The van der Waals surface area contributed by atoms with Crippen LogP contribution in [0.25, 0.3) is 0 Å². The van der Waals surface area contributed by atoms with Gasteiger partial charge in [-0.3, -0.25) is 4.79 Å². The standard InChI is InChI=1S/C16H24N2O/c1-15(2)13(16(15,3)4)14(19)18-10-12(17)11-8-6-5-7-9-11/h5-9,12-13H,10,17H2,1-4H3,(H,18,19). The summed E-state index contributed by atoms with van der Waals surface area (Å²) in [6, 6.07) is 9.72. The Labute approximate surface area is 115 Å². The molecule has 0 heterocycles. The van der Waals surface area contributed by atoms with Crippen molar-refractivity contribution >= 4 is 5.91 Å². The lowest BCUT2D eigenvalue weighted by molar-refractivity contribution is -0.123. The molecule has 1 fully saturated rings. The molecule has 3 nitrogen and oxygen atoms in total. The minimum absolute atomic E-state index is 0.0773. The van der Waals surface area contributed by atoms with E-state index in [1.807, 2.05) is 30.3 Å². The Morgan fingerprint density at radius 2 is 1.74 bits per heavy atom. The highest BCUT2D eigenvalue weighted by atomic mass is 16.2. The van der Waals surface area contributed by atoms with Crippen LogP contribution in [0.4, 0.5) is 0 Å². The number of hydrogen-bond acceptors (Lipinski definition) is 2. The van der Waals surface area contributed by atoms with Gasteiger partial charge in [-0.15, -0.1) is 0 Å². The zero-order valence-electron chi connectivity index (χ0n) is 12.2. The van der Waals surface area contributed by atoms with E-state index >= 15 is 0 Å². The van der Waals surface area contributed by atoms with Crippen LogP contribution in [0, 0.1) is 16.7 Å². The third kappa shape index (κ3) is 2.39. The zero-order chi connectivity index (χ0) is 14.3. The summed E-state index contributed by atoms with van der Waals surface area (Å²) in [7, 11) is 0. The predicted molar refractivity (Wildman–Crippen MR) is 77.4 cm³/mol. The largest absolute Gasteiger partial charge is 0.354 e. The predicted octanol–water partition coefficient (Wildman–Crippen LogP) is 2.48. The van der Waals surface area contributed by atoms with E-state index in [9.17, 15) is 4.79 Å². The van der Waals surface area contributed by atoms with E-state index in [1.165, 1.54) is 0 Å². The van der Waals surface area contributed by atoms with Gasteiger partial charge in [0.15, 0.2) is 0 Å². The molecule has 3 heteroatoms. The number of benzene rings is 1. The number of hydrogen-bond donors (Lipinski definition) is 2. The van der Waals surface area contributed by atoms with Gasteiger partial charge < -0.3 is 11.1 Å². The van der Waals surface area contributed by atoms with Crippen molar-refractivity contribution in [2.24, 2.45) is 22.5 Å². The first-order chi connectivity index (χ1) is 8.78. The lowest BCUT2D eigenvalue weighted by atomic mass is 10.0. The van der Waals surface area contributed by atoms with Crippen molar-refractivity contribution in [3.63, 3.8) is 0 Å². The molecule has 0 aliphatic heterocycles. The molecule has 3 N–H and O–H groups in total. The molecule has 0 spiro atoms. The first-order valence-corrected chi connectivity index (χ1v) is 6.86. The van der Waals surface area contributed by atoms with Crippen LogP contribution in [0.15, 0.2) is 30.3 Å². The van der Waals surface area contributed by atoms with Crippen molar-refractivity contribution in [1.82, 2.24) is 5.32 Å². The van der Waals surface area contributed by atoms with Crippen LogP contribution < -0.4 is 11.1 Å². The highest BCUT2D eigenvalue weighted by Gasteiger charge is 2.68. The smallest absolute Gasteiger partial charge is 0.224 e. The van der Waals surface area contributed by atoms with E-state index in [4.69, 9.17) is 5.73 Å². The van der Waals surface area contributed by atoms with E-state index in [2.05, 4.69) is 33.0 Å². The molecule has 0 radical (unpaired) electrons. The van der Waals surface area contributed by atoms with Gasteiger partial charge in [-0.05, 0) is 16.4 Å². The Kier molecular flexibility index (Phi) is 3.43. The van der Waals surface area contributed by atoms with Gasteiger partial charge >= 0.3 is 0 Å². The molecule has 1 aromatic carbocycles. The van der Waals surface area contributed by atoms with Gasteiger partial charge in [-0.25, -0.2) is 0 Å². The fraction of sp³-hybridized carbons (Fsp3) is 0.562. The first-order valence-electron chi connectivity index (χ1n) is 6.86. The van der Waals surface area contributed by atoms with Crippen LogP contribution in [-0.4, -0.2) is 12.5 Å². The Balaban J connectivity index is 1.89. The van der Waals surface area contributed by atoms with Crippen molar-refractivity contribution < 1.29 is 4.79 Å². The molecule has 1 aromatic rings. The summed E-state index contributed by atoms with van der Waals surface area (Å²) in [5.74, 6) is 0.212. The number of amides is 1. The van der Waals surface area contributed by atoms with Crippen LogP contribution in [0.2, 0.25) is 0 Å². The first kappa shape index (κ1) is 14.1. The second-order valence-corrected chi connectivity index (χ2v) is 6.64. The molecule has 1 unspecified atom stereocenters. The molecular weight excluding hydrogens is 236 g/mol. The molecule has 0 saturated heterocycles. The van der Waals surface area contributed by atoms with E-state index in [1.54, 1.807) is 0 Å². The molecule has 2 rings (SSSR count). The average molecular weight is 260 g/mol. The Hall–Kier alpha value is -1.35. The van der Waals surface area contributed by atoms with Crippen molar-refractivity contribution in [3.8, 4) is 0 Å². The monoisotopic (exact) mass is 260 g/mol. The molecule has 1 atom stereocenters. The highest BCUT2D eigenvalue weighted by molar-refractivity contribution is 5.84. The van der Waals surface area contributed by atoms with E-state index in [0.29, 0.717) is 6.54 Å². The molecule has 19 heavy (non-hydrogen) atoms. The Morgan fingerprint density at radius 1 is 1.21 bits per heavy atom. The quantitative estimate of drug-likeness (QED) is 0.874. The summed E-state index contributed by atoms with van der Waals surface area (Å²) >= 11 is 0. The third-order valence-corrected chi connectivity index (χ3v) is 5.01. The number of carbonyl (C=O) groups is 1. The SMILES string of the molecule is CC1(C)C(C(=O)NCC(N)c2ccccc2)C1(C)C. The minimum Gasteiger partial charge on any atom is -0.354 e. The average Bonchev–Trinajstić information content (AvgIpc) is 2.77. The van der Waals surface area contributed by atoms with Gasteiger partial charge in [-0.1, -0.05) is 58.0 Å². The van der Waals surface area contributed by atoms with E-state index < -0.39 is 0 Å². The molecule has 0 aromatic heterocycles. The number of nitrogens with one attached hydrogen (secondary N) is 1. The third-order valence-electron chi connectivity index (χ3n) is 5.01. The Bertz CT molecular complexity index is 451. The van der Waals surface area contributed by atoms with Crippen molar-refractivity contribution in [1.29, 1.82) is 0 Å². The molecule has 104 valence electrons. The fourth-order valence-corrected chi connectivity index (χ4v) is 2.98. The van der Waals surface area contributed by atoms with Gasteiger partial charge in [-0.2, -0.15) is 0 Å². The van der Waals surface area contributed by atoms with Crippen LogP contribution in [-0.2, 0) is 4.79 Å². The molecule has 1 saturated carbocycles. The maximum Gasteiger partial charge on any atom is 0.224 e. The summed E-state index contributed by atoms with van der Waals surface area (Å²) in [5, 5.41) is 2.99. The summed E-state index contributed by atoms with van der Waals surface area (Å²) < 4.78 is 0. The highest BCUT2D eigenvalue weighted by Crippen LogP contribution is 2.68. The van der Waals surface area contributed by atoms with Crippen molar-refractivity contribution in [2.45, 2.75) is 33.7 Å². The lowest BCUT2D eigenvalue weighted by Crippen LogP contribution is -2.34. The van der Waals surface area contributed by atoms with Crippen LogP contribution in [0.3, 0.4) is 0 Å². The molecule has 1 aliphatic rings. The van der Waals surface area contributed by atoms with Gasteiger partial charge in [0, 0.05) is 18.5 Å². The van der Waals surface area contributed by atoms with Gasteiger partial charge in [0.05, 0.1) is 0 Å². The summed E-state index contributed by atoms with van der Waals surface area (Å²) in [4.78, 5) is 12.2. The normalized spacial score (nSPS) is 21.7. The fourth-order valence-electron chi connectivity index (χ4n) is 2.98. The number of rotatable bonds is 4. The number of nitrogens with two attached hydrogens (primary N) is 1. The van der Waals surface area contributed by atoms with E-state index in [0.717, 1.165) is 5.56 Å². The van der Waals surface area contributed by atoms with Gasteiger partial charge in [0.2, 0.25) is 5.91 Å². The zero-order valence-corrected chi connectivity index (χ0v) is 12.2. The second-order valence-electron chi connectivity index (χ2n) is 6.64. The van der Waals surface area contributed by atoms with Crippen molar-refractivity contribution in [3.05, 3.63) is 35.9 Å². The van der Waals surface area contributed by atoms with Crippen molar-refractivity contribution in [2.75, 3.05) is 6.54 Å². The van der Waals surface area contributed by atoms with E-state index in [-0.39, 0.29) is 28.7 Å². The lowest BCUT2D eigenvalue weighted by Gasteiger charge is -2.13. The maximum absolute atomic E-state index is 12.2. The number of carbonyl (C=O) groups excluding carboxylic acids is 1. The maximum atomic E-state index is 12.2. The van der Waals surface area contributed by atoms with Gasteiger partial charge in [0.1, 0.15) is 0 Å². The summed E-state index contributed by atoms with van der Waals surface area (Å²) in [5.41, 5.74) is 7.29.